The SMILES string of the molecule is CCCNC(C1=COCCC1)C(C)(CC)OC. The third-order valence-electron chi connectivity index (χ3n) is 3.71. The van der Waals surface area contributed by atoms with Crippen LogP contribution in [0.2, 0.25) is 0 Å². The Morgan fingerprint density at radius 2 is 2.29 bits per heavy atom. The third-order valence-corrected chi connectivity index (χ3v) is 3.71. The maximum absolute atomic E-state index is 5.74. The van der Waals surface area contributed by atoms with Crippen molar-refractivity contribution in [2.75, 3.05) is 20.3 Å². The molecule has 0 aliphatic carbocycles. The lowest BCUT2D eigenvalue weighted by molar-refractivity contribution is -0.0216. The average molecular weight is 241 g/mol. The first-order chi connectivity index (χ1) is 8.18. The van der Waals surface area contributed by atoms with Gasteiger partial charge in [0.15, 0.2) is 0 Å². The molecule has 1 rings (SSSR count). The molecule has 3 nitrogen and oxygen atoms in total. The van der Waals surface area contributed by atoms with Gasteiger partial charge in [0.1, 0.15) is 0 Å². The normalized spacial score (nSPS) is 21.3. The second-order valence-corrected chi connectivity index (χ2v) is 4.92. The summed E-state index contributed by atoms with van der Waals surface area (Å²) in [7, 11) is 1.80. The van der Waals surface area contributed by atoms with Crippen molar-refractivity contribution in [1.29, 1.82) is 0 Å². The Labute approximate surface area is 106 Å². The van der Waals surface area contributed by atoms with E-state index in [0.717, 1.165) is 38.8 Å². The molecule has 1 N–H and O–H groups in total. The Morgan fingerprint density at radius 1 is 1.53 bits per heavy atom. The summed E-state index contributed by atoms with van der Waals surface area (Å²) in [5.74, 6) is 0. The first-order valence-corrected chi connectivity index (χ1v) is 6.77. The van der Waals surface area contributed by atoms with E-state index >= 15 is 0 Å². The molecule has 0 radical (unpaired) electrons. The Hall–Kier alpha value is -0.540. The summed E-state index contributed by atoms with van der Waals surface area (Å²) in [5.41, 5.74) is 1.19. The zero-order valence-electron chi connectivity index (χ0n) is 11.7. The van der Waals surface area contributed by atoms with Crippen LogP contribution in [0, 0.1) is 0 Å². The molecule has 0 spiro atoms. The highest BCUT2D eigenvalue weighted by Gasteiger charge is 2.35. The molecule has 0 saturated carbocycles. The van der Waals surface area contributed by atoms with E-state index in [0.29, 0.717) is 0 Å². The van der Waals surface area contributed by atoms with Crippen LogP contribution in [0.25, 0.3) is 0 Å². The second kappa shape index (κ2) is 7.02. The van der Waals surface area contributed by atoms with Crippen molar-refractivity contribution in [2.45, 2.75) is 58.1 Å². The van der Waals surface area contributed by atoms with Crippen LogP contribution < -0.4 is 5.32 Å². The highest BCUT2D eigenvalue weighted by Crippen LogP contribution is 2.28. The molecule has 17 heavy (non-hydrogen) atoms. The third kappa shape index (κ3) is 3.71. The molecule has 0 aromatic carbocycles. The fourth-order valence-corrected chi connectivity index (χ4v) is 2.29. The molecule has 2 unspecified atom stereocenters. The zero-order chi connectivity index (χ0) is 12.7. The lowest BCUT2D eigenvalue weighted by Gasteiger charge is -2.38. The minimum Gasteiger partial charge on any atom is -0.501 e. The van der Waals surface area contributed by atoms with Gasteiger partial charge in [-0.2, -0.15) is 0 Å². The molecule has 1 aliphatic rings. The summed E-state index contributed by atoms with van der Waals surface area (Å²) >= 11 is 0. The quantitative estimate of drug-likeness (QED) is 0.743. The highest BCUT2D eigenvalue weighted by molar-refractivity contribution is 5.16. The smallest absolute Gasteiger partial charge is 0.0876 e. The van der Waals surface area contributed by atoms with E-state index in [1.54, 1.807) is 7.11 Å². The van der Waals surface area contributed by atoms with E-state index in [1.165, 1.54) is 5.57 Å². The Kier molecular flexibility index (Phi) is 6.00. The van der Waals surface area contributed by atoms with Crippen LogP contribution in [0.5, 0.6) is 0 Å². The first kappa shape index (κ1) is 14.5. The number of nitrogens with one attached hydrogen (secondary N) is 1. The number of hydrogen-bond donors (Lipinski definition) is 1. The van der Waals surface area contributed by atoms with Crippen LogP contribution in [-0.2, 0) is 9.47 Å². The van der Waals surface area contributed by atoms with Gasteiger partial charge < -0.3 is 14.8 Å². The van der Waals surface area contributed by atoms with Gasteiger partial charge in [0, 0.05) is 7.11 Å². The van der Waals surface area contributed by atoms with Crippen molar-refractivity contribution in [3.63, 3.8) is 0 Å². The topological polar surface area (TPSA) is 30.5 Å². The number of ether oxygens (including phenoxy) is 2. The Bertz CT molecular complexity index is 247. The fourth-order valence-electron chi connectivity index (χ4n) is 2.29. The van der Waals surface area contributed by atoms with E-state index in [2.05, 4.69) is 26.1 Å². The summed E-state index contributed by atoms with van der Waals surface area (Å²) in [4.78, 5) is 0. The average Bonchev–Trinajstić information content (AvgIpc) is 2.40. The lowest BCUT2D eigenvalue weighted by Crippen LogP contribution is -2.51. The first-order valence-electron chi connectivity index (χ1n) is 6.77. The standard InChI is InChI=1S/C14H27NO2/c1-5-9-15-13(14(3,6-2)16-4)12-8-7-10-17-11-12/h11,13,15H,5-10H2,1-4H3. The van der Waals surface area contributed by atoms with E-state index < -0.39 is 0 Å². The van der Waals surface area contributed by atoms with Crippen LogP contribution in [0.1, 0.15) is 46.5 Å². The fraction of sp³-hybridized carbons (Fsp3) is 0.857. The number of methoxy groups -OCH3 is 1. The van der Waals surface area contributed by atoms with Gasteiger partial charge in [-0.1, -0.05) is 13.8 Å². The predicted molar refractivity (Wildman–Crippen MR) is 71.1 cm³/mol. The molecule has 3 heteroatoms. The summed E-state index contributed by atoms with van der Waals surface area (Å²) in [5, 5.41) is 3.61. The molecule has 0 bridgehead atoms. The van der Waals surface area contributed by atoms with Crippen molar-refractivity contribution >= 4 is 0 Å². The molecule has 0 aromatic heterocycles. The molecular weight excluding hydrogens is 214 g/mol. The number of hydrogen-bond acceptors (Lipinski definition) is 3. The predicted octanol–water partition coefficient (Wildman–Crippen LogP) is 2.86. The minimum absolute atomic E-state index is 0.151. The molecule has 0 aromatic rings. The summed E-state index contributed by atoms with van der Waals surface area (Å²) < 4.78 is 11.2. The van der Waals surface area contributed by atoms with Gasteiger partial charge in [0.05, 0.1) is 24.5 Å². The molecule has 1 aliphatic heterocycles. The monoisotopic (exact) mass is 241 g/mol. The van der Waals surface area contributed by atoms with Gasteiger partial charge in [0.2, 0.25) is 0 Å². The van der Waals surface area contributed by atoms with E-state index in [4.69, 9.17) is 9.47 Å². The zero-order valence-corrected chi connectivity index (χ0v) is 11.7. The van der Waals surface area contributed by atoms with Crippen LogP contribution in [0.4, 0.5) is 0 Å². The molecule has 0 amide bonds. The Morgan fingerprint density at radius 3 is 2.76 bits per heavy atom. The van der Waals surface area contributed by atoms with Gasteiger partial charge in [-0.15, -0.1) is 0 Å². The summed E-state index contributed by atoms with van der Waals surface area (Å²) in [6.45, 7) is 8.40. The van der Waals surface area contributed by atoms with E-state index in [-0.39, 0.29) is 11.6 Å². The molecule has 2 atom stereocenters. The van der Waals surface area contributed by atoms with Gasteiger partial charge in [0.25, 0.3) is 0 Å². The minimum atomic E-state index is -0.151. The van der Waals surface area contributed by atoms with Crippen molar-refractivity contribution in [3.8, 4) is 0 Å². The second-order valence-electron chi connectivity index (χ2n) is 4.92. The van der Waals surface area contributed by atoms with Crippen LogP contribution in [0.15, 0.2) is 11.8 Å². The number of rotatable bonds is 7. The van der Waals surface area contributed by atoms with Crippen molar-refractivity contribution in [3.05, 3.63) is 11.8 Å². The van der Waals surface area contributed by atoms with Crippen molar-refractivity contribution in [2.24, 2.45) is 0 Å². The van der Waals surface area contributed by atoms with Gasteiger partial charge in [-0.3, -0.25) is 0 Å². The van der Waals surface area contributed by atoms with Crippen LogP contribution >= 0.6 is 0 Å². The van der Waals surface area contributed by atoms with Gasteiger partial charge >= 0.3 is 0 Å². The maximum atomic E-state index is 5.74. The lowest BCUT2D eigenvalue weighted by atomic mass is 9.85. The molecule has 0 saturated heterocycles. The maximum Gasteiger partial charge on any atom is 0.0876 e. The van der Waals surface area contributed by atoms with Gasteiger partial charge in [-0.05, 0) is 44.7 Å². The molecule has 100 valence electrons. The van der Waals surface area contributed by atoms with E-state index in [1.807, 2.05) is 6.26 Å². The Balaban J connectivity index is 2.81. The largest absolute Gasteiger partial charge is 0.501 e. The molecule has 0 fully saturated rings. The molecular formula is C14H27NO2. The molecule has 1 heterocycles. The van der Waals surface area contributed by atoms with Crippen molar-refractivity contribution < 1.29 is 9.47 Å². The summed E-state index contributed by atoms with van der Waals surface area (Å²) in [6.07, 6.45) is 6.28. The van der Waals surface area contributed by atoms with Crippen LogP contribution in [0.3, 0.4) is 0 Å². The summed E-state index contributed by atoms with van der Waals surface area (Å²) in [6, 6.07) is 0.262. The van der Waals surface area contributed by atoms with Gasteiger partial charge in [-0.25, -0.2) is 0 Å². The highest BCUT2D eigenvalue weighted by atomic mass is 16.5. The van der Waals surface area contributed by atoms with Crippen LogP contribution in [-0.4, -0.2) is 31.9 Å². The van der Waals surface area contributed by atoms with Crippen molar-refractivity contribution in [1.82, 2.24) is 5.32 Å². The van der Waals surface area contributed by atoms with E-state index in [9.17, 15) is 0 Å².